The molecule has 1 saturated heterocycles. The topological polar surface area (TPSA) is 41.6 Å². The summed E-state index contributed by atoms with van der Waals surface area (Å²) in [6.07, 6.45) is 3.53. The average molecular weight is 212 g/mol. The van der Waals surface area contributed by atoms with Crippen LogP contribution in [-0.4, -0.2) is 49.2 Å². The Kier molecular flexibility index (Phi) is 3.59. The van der Waals surface area contributed by atoms with Crippen molar-refractivity contribution in [3.8, 4) is 0 Å². The molecule has 1 unspecified atom stereocenters. The van der Waals surface area contributed by atoms with Crippen LogP contribution in [0.15, 0.2) is 0 Å². The van der Waals surface area contributed by atoms with E-state index in [4.69, 9.17) is 4.74 Å². The molecule has 1 N–H and O–H groups in total. The van der Waals surface area contributed by atoms with Crippen LogP contribution in [0.5, 0.6) is 0 Å². The summed E-state index contributed by atoms with van der Waals surface area (Å²) < 4.78 is 5.40. The highest BCUT2D eigenvalue weighted by atomic mass is 16.5. The summed E-state index contributed by atoms with van der Waals surface area (Å²) in [6.45, 7) is 5.79. The van der Waals surface area contributed by atoms with Gasteiger partial charge in [-0.05, 0) is 26.2 Å². The van der Waals surface area contributed by atoms with E-state index in [2.05, 4.69) is 10.2 Å². The van der Waals surface area contributed by atoms with Gasteiger partial charge in [0.05, 0.1) is 0 Å². The molecule has 86 valence electrons. The van der Waals surface area contributed by atoms with Crippen LogP contribution in [-0.2, 0) is 9.53 Å². The minimum atomic E-state index is -0.0762. The molecule has 2 rings (SSSR count). The smallest absolute Gasteiger partial charge is 0.323 e. The molecule has 1 aliphatic heterocycles. The summed E-state index contributed by atoms with van der Waals surface area (Å²) in [4.78, 5) is 14.0. The minimum absolute atomic E-state index is 0.0402. The molecule has 2 fully saturated rings. The lowest BCUT2D eigenvalue weighted by molar-refractivity contribution is -0.159. The average Bonchev–Trinajstić information content (AvgIpc) is 2.23. The lowest BCUT2D eigenvalue weighted by Crippen LogP contribution is -2.51. The van der Waals surface area contributed by atoms with Crippen molar-refractivity contribution in [1.29, 1.82) is 0 Å². The van der Waals surface area contributed by atoms with Crippen molar-refractivity contribution >= 4 is 5.97 Å². The monoisotopic (exact) mass is 212 g/mol. The molecule has 15 heavy (non-hydrogen) atoms. The molecular weight excluding hydrogens is 192 g/mol. The fourth-order valence-electron chi connectivity index (χ4n) is 1.97. The molecule has 0 aromatic rings. The second-order valence-corrected chi connectivity index (χ2v) is 4.45. The Morgan fingerprint density at radius 2 is 2.07 bits per heavy atom. The minimum Gasteiger partial charge on any atom is -0.461 e. The van der Waals surface area contributed by atoms with Crippen molar-refractivity contribution in [2.24, 2.45) is 0 Å². The van der Waals surface area contributed by atoms with Gasteiger partial charge in [-0.3, -0.25) is 9.69 Å². The first-order chi connectivity index (χ1) is 7.27. The summed E-state index contributed by atoms with van der Waals surface area (Å²) in [6, 6.07) is -0.0762. The molecule has 0 radical (unpaired) electrons. The van der Waals surface area contributed by atoms with Gasteiger partial charge in [-0.1, -0.05) is 0 Å². The second-order valence-electron chi connectivity index (χ2n) is 4.45. The zero-order valence-corrected chi connectivity index (χ0v) is 9.37. The van der Waals surface area contributed by atoms with Crippen molar-refractivity contribution in [1.82, 2.24) is 10.2 Å². The summed E-state index contributed by atoms with van der Waals surface area (Å²) in [5, 5.41) is 3.28. The van der Waals surface area contributed by atoms with Gasteiger partial charge in [-0.2, -0.15) is 0 Å². The van der Waals surface area contributed by atoms with Gasteiger partial charge < -0.3 is 10.1 Å². The normalized spacial score (nSPS) is 25.7. The number of nitrogens with zero attached hydrogens (tertiary/aromatic N) is 1. The van der Waals surface area contributed by atoms with Crippen LogP contribution in [0.4, 0.5) is 0 Å². The lowest BCUT2D eigenvalue weighted by atomic mass is 9.96. The van der Waals surface area contributed by atoms with E-state index in [1.54, 1.807) is 0 Å². The van der Waals surface area contributed by atoms with Gasteiger partial charge in [0.1, 0.15) is 12.1 Å². The number of ether oxygens (including phenoxy) is 1. The first-order valence-electron chi connectivity index (χ1n) is 5.92. The molecule has 1 heterocycles. The predicted molar refractivity (Wildman–Crippen MR) is 57.6 cm³/mol. The van der Waals surface area contributed by atoms with Gasteiger partial charge in [-0.15, -0.1) is 0 Å². The number of carbonyl (C=O) groups is 1. The van der Waals surface area contributed by atoms with Gasteiger partial charge in [-0.25, -0.2) is 0 Å². The van der Waals surface area contributed by atoms with Gasteiger partial charge in [0, 0.05) is 26.2 Å². The molecule has 1 atom stereocenters. The van der Waals surface area contributed by atoms with E-state index < -0.39 is 0 Å². The van der Waals surface area contributed by atoms with E-state index in [0.29, 0.717) is 0 Å². The quantitative estimate of drug-likeness (QED) is 0.687. The fraction of sp³-hybridized carbons (Fsp3) is 0.909. The number of nitrogens with one attached hydrogen (secondary N) is 1. The third-order valence-corrected chi connectivity index (χ3v) is 3.38. The molecule has 0 spiro atoms. The first-order valence-corrected chi connectivity index (χ1v) is 5.92. The fourth-order valence-corrected chi connectivity index (χ4v) is 1.97. The first kappa shape index (κ1) is 10.9. The van der Waals surface area contributed by atoms with E-state index in [9.17, 15) is 4.79 Å². The van der Waals surface area contributed by atoms with Crippen LogP contribution >= 0.6 is 0 Å². The van der Waals surface area contributed by atoms with Gasteiger partial charge in [0.15, 0.2) is 0 Å². The molecule has 2 aliphatic rings. The third-order valence-electron chi connectivity index (χ3n) is 3.38. The van der Waals surface area contributed by atoms with E-state index in [-0.39, 0.29) is 18.1 Å². The maximum Gasteiger partial charge on any atom is 0.323 e. The van der Waals surface area contributed by atoms with Crippen molar-refractivity contribution < 1.29 is 9.53 Å². The number of esters is 1. The largest absolute Gasteiger partial charge is 0.461 e. The van der Waals surface area contributed by atoms with Crippen molar-refractivity contribution in [2.45, 2.75) is 38.3 Å². The molecule has 1 saturated carbocycles. The SMILES string of the molecule is CC(C(=O)OC1CCC1)N1CCNCC1. The van der Waals surface area contributed by atoms with Crippen molar-refractivity contribution in [3.63, 3.8) is 0 Å². The molecule has 4 nitrogen and oxygen atoms in total. The van der Waals surface area contributed by atoms with E-state index in [1.165, 1.54) is 6.42 Å². The summed E-state index contributed by atoms with van der Waals surface area (Å²) >= 11 is 0. The third kappa shape index (κ3) is 2.69. The molecule has 0 aromatic heterocycles. The van der Waals surface area contributed by atoms with Crippen LogP contribution in [0.2, 0.25) is 0 Å². The van der Waals surface area contributed by atoms with Gasteiger partial charge in [0.25, 0.3) is 0 Å². The highest BCUT2D eigenvalue weighted by molar-refractivity contribution is 5.75. The number of piperazine rings is 1. The number of hydrogen-bond acceptors (Lipinski definition) is 4. The number of hydrogen-bond donors (Lipinski definition) is 1. The molecule has 0 amide bonds. The van der Waals surface area contributed by atoms with Crippen LogP contribution in [0.25, 0.3) is 0 Å². The number of rotatable bonds is 3. The molecular formula is C11H20N2O2. The Bertz CT molecular complexity index is 223. The maximum absolute atomic E-state index is 11.8. The molecule has 1 aliphatic carbocycles. The Morgan fingerprint density at radius 1 is 1.40 bits per heavy atom. The highest BCUT2D eigenvalue weighted by Gasteiger charge is 2.28. The second kappa shape index (κ2) is 4.94. The Balaban J connectivity index is 1.77. The van der Waals surface area contributed by atoms with Crippen molar-refractivity contribution in [3.05, 3.63) is 0 Å². The highest BCUT2D eigenvalue weighted by Crippen LogP contribution is 2.22. The number of carbonyl (C=O) groups excluding carboxylic acids is 1. The molecule has 4 heteroatoms. The van der Waals surface area contributed by atoms with Crippen LogP contribution < -0.4 is 5.32 Å². The zero-order valence-electron chi connectivity index (χ0n) is 9.37. The van der Waals surface area contributed by atoms with Crippen LogP contribution in [0.1, 0.15) is 26.2 Å². The van der Waals surface area contributed by atoms with Crippen LogP contribution in [0.3, 0.4) is 0 Å². The summed E-state index contributed by atoms with van der Waals surface area (Å²) in [5.41, 5.74) is 0. The van der Waals surface area contributed by atoms with E-state index >= 15 is 0 Å². The van der Waals surface area contributed by atoms with Gasteiger partial charge in [0.2, 0.25) is 0 Å². The Labute approximate surface area is 91.0 Å². The van der Waals surface area contributed by atoms with Crippen molar-refractivity contribution in [2.75, 3.05) is 26.2 Å². The summed E-state index contributed by atoms with van der Waals surface area (Å²) in [5.74, 6) is -0.0402. The Hall–Kier alpha value is -0.610. The summed E-state index contributed by atoms with van der Waals surface area (Å²) in [7, 11) is 0. The molecule has 0 aromatic carbocycles. The lowest BCUT2D eigenvalue weighted by Gasteiger charge is -2.33. The maximum atomic E-state index is 11.8. The zero-order chi connectivity index (χ0) is 10.7. The standard InChI is InChI=1S/C11H20N2O2/c1-9(13-7-5-12-6-8-13)11(14)15-10-3-2-4-10/h9-10,12H,2-8H2,1H3. The van der Waals surface area contributed by atoms with E-state index in [1.807, 2.05) is 6.92 Å². The predicted octanol–water partition coefficient (Wildman–Crippen LogP) is 0.376. The van der Waals surface area contributed by atoms with E-state index in [0.717, 1.165) is 39.0 Å². The molecule has 0 bridgehead atoms. The Morgan fingerprint density at radius 3 is 2.60 bits per heavy atom. The van der Waals surface area contributed by atoms with Crippen LogP contribution in [0, 0.1) is 0 Å². The van der Waals surface area contributed by atoms with Gasteiger partial charge >= 0.3 is 5.97 Å².